The Kier molecular flexibility index (Phi) is 5.06. The lowest BCUT2D eigenvalue weighted by atomic mass is 9.98. The molecule has 0 aromatic heterocycles. The first kappa shape index (κ1) is 13.4. The molecular formula is C16H26N2. The Bertz CT molecular complexity index is 362. The van der Waals surface area contributed by atoms with Crippen molar-refractivity contribution in [3.63, 3.8) is 0 Å². The molecule has 1 unspecified atom stereocenters. The summed E-state index contributed by atoms with van der Waals surface area (Å²) in [5, 5.41) is 3.45. The van der Waals surface area contributed by atoms with Gasteiger partial charge in [-0.25, -0.2) is 0 Å². The van der Waals surface area contributed by atoms with E-state index in [1.54, 1.807) is 0 Å². The highest BCUT2D eigenvalue weighted by molar-refractivity contribution is 5.54. The summed E-state index contributed by atoms with van der Waals surface area (Å²) in [7, 11) is 0. The Morgan fingerprint density at radius 3 is 2.83 bits per heavy atom. The van der Waals surface area contributed by atoms with Crippen LogP contribution in [0.4, 0.5) is 5.69 Å². The molecule has 1 atom stereocenters. The van der Waals surface area contributed by atoms with Crippen molar-refractivity contribution in [2.75, 3.05) is 18.0 Å². The highest BCUT2D eigenvalue weighted by Crippen LogP contribution is 2.29. The van der Waals surface area contributed by atoms with Gasteiger partial charge in [0.1, 0.15) is 0 Å². The monoisotopic (exact) mass is 246 g/mol. The summed E-state index contributed by atoms with van der Waals surface area (Å²) in [4.78, 5) is 2.64. The fourth-order valence-electron chi connectivity index (χ4n) is 2.94. The molecule has 18 heavy (non-hydrogen) atoms. The van der Waals surface area contributed by atoms with Gasteiger partial charge < -0.3 is 10.2 Å². The third kappa shape index (κ3) is 3.05. The first-order valence-electron chi connectivity index (χ1n) is 7.42. The van der Waals surface area contributed by atoms with Gasteiger partial charge in [-0.05, 0) is 43.9 Å². The molecule has 2 heteroatoms. The van der Waals surface area contributed by atoms with Crippen molar-refractivity contribution in [3.8, 4) is 0 Å². The second kappa shape index (κ2) is 6.79. The summed E-state index contributed by atoms with van der Waals surface area (Å²) in [6, 6.07) is 9.62. The van der Waals surface area contributed by atoms with Crippen LogP contribution < -0.4 is 10.2 Å². The fraction of sp³-hybridized carbons (Fsp3) is 0.625. The van der Waals surface area contributed by atoms with Crippen LogP contribution in [0.2, 0.25) is 0 Å². The van der Waals surface area contributed by atoms with Crippen molar-refractivity contribution in [2.45, 2.75) is 52.1 Å². The van der Waals surface area contributed by atoms with E-state index in [1.165, 1.54) is 43.5 Å². The maximum absolute atomic E-state index is 3.45. The van der Waals surface area contributed by atoms with Crippen LogP contribution in [-0.4, -0.2) is 19.1 Å². The predicted molar refractivity (Wildman–Crippen MR) is 79.1 cm³/mol. The molecule has 1 aliphatic rings. The molecule has 0 amide bonds. The van der Waals surface area contributed by atoms with Crippen molar-refractivity contribution in [3.05, 3.63) is 29.8 Å². The molecule has 1 aromatic rings. The van der Waals surface area contributed by atoms with Crippen LogP contribution in [0, 0.1) is 0 Å². The summed E-state index contributed by atoms with van der Waals surface area (Å²) in [6.07, 6.45) is 5.35. The van der Waals surface area contributed by atoms with Crippen molar-refractivity contribution in [1.82, 2.24) is 5.32 Å². The van der Waals surface area contributed by atoms with Crippen LogP contribution in [0.3, 0.4) is 0 Å². The van der Waals surface area contributed by atoms with Crippen LogP contribution in [0.1, 0.15) is 45.1 Å². The molecular weight excluding hydrogens is 220 g/mol. The Balaban J connectivity index is 2.19. The van der Waals surface area contributed by atoms with E-state index < -0.39 is 0 Å². The normalized spacial score (nSPS) is 20.1. The van der Waals surface area contributed by atoms with E-state index in [4.69, 9.17) is 0 Å². The molecule has 2 rings (SSSR count). The number of piperidine rings is 1. The second-order valence-corrected chi connectivity index (χ2v) is 5.16. The number of nitrogens with zero attached hydrogens (tertiary/aromatic N) is 1. The third-order valence-corrected chi connectivity index (χ3v) is 3.96. The average Bonchev–Trinajstić information content (AvgIpc) is 2.45. The van der Waals surface area contributed by atoms with E-state index in [1.807, 2.05) is 0 Å². The molecule has 1 fully saturated rings. The number of hydrogen-bond donors (Lipinski definition) is 1. The fourth-order valence-corrected chi connectivity index (χ4v) is 2.94. The highest BCUT2D eigenvalue weighted by atomic mass is 15.2. The summed E-state index contributed by atoms with van der Waals surface area (Å²) < 4.78 is 0. The van der Waals surface area contributed by atoms with Gasteiger partial charge in [-0.15, -0.1) is 0 Å². The predicted octanol–water partition coefficient (Wildman–Crippen LogP) is 3.57. The SMILES string of the molecule is CCNCc1ccccc1N1CCCCC1CC. The number of nitrogens with one attached hydrogen (secondary N) is 1. The smallest absolute Gasteiger partial charge is 0.0414 e. The maximum Gasteiger partial charge on any atom is 0.0414 e. The van der Waals surface area contributed by atoms with Gasteiger partial charge in [-0.1, -0.05) is 32.0 Å². The topological polar surface area (TPSA) is 15.3 Å². The molecule has 0 radical (unpaired) electrons. The van der Waals surface area contributed by atoms with Gasteiger partial charge in [0.25, 0.3) is 0 Å². The number of anilines is 1. The van der Waals surface area contributed by atoms with Gasteiger partial charge in [0.15, 0.2) is 0 Å². The summed E-state index contributed by atoms with van der Waals surface area (Å²) in [5.41, 5.74) is 2.89. The lowest BCUT2D eigenvalue weighted by Gasteiger charge is -2.38. The van der Waals surface area contributed by atoms with E-state index in [-0.39, 0.29) is 0 Å². The minimum atomic E-state index is 0.738. The van der Waals surface area contributed by atoms with Crippen LogP contribution >= 0.6 is 0 Å². The molecule has 1 heterocycles. The molecule has 0 aliphatic carbocycles. The van der Waals surface area contributed by atoms with Gasteiger partial charge in [0, 0.05) is 24.8 Å². The van der Waals surface area contributed by atoms with Crippen LogP contribution in [0.25, 0.3) is 0 Å². The molecule has 0 spiro atoms. The van der Waals surface area contributed by atoms with Crippen LogP contribution in [0.15, 0.2) is 24.3 Å². The van der Waals surface area contributed by atoms with Crippen molar-refractivity contribution in [2.24, 2.45) is 0 Å². The van der Waals surface area contributed by atoms with E-state index in [9.17, 15) is 0 Å². The Hall–Kier alpha value is -1.02. The van der Waals surface area contributed by atoms with Crippen LogP contribution in [-0.2, 0) is 6.54 Å². The Labute approximate surface area is 111 Å². The van der Waals surface area contributed by atoms with Gasteiger partial charge >= 0.3 is 0 Å². The summed E-state index contributed by atoms with van der Waals surface area (Å²) in [6.45, 7) is 7.72. The summed E-state index contributed by atoms with van der Waals surface area (Å²) in [5.74, 6) is 0. The van der Waals surface area contributed by atoms with Crippen LogP contribution in [0.5, 0.6) is 0 Å². The lowest BCUT2D eigenvalue weighted by Crippen LogP contribution is -2.39. The third-order valence-electron chi connectivity index (χ3n) is 3.96. The molecule has 1 saturated heterocycles. The van der Waals surface area contributed by atoms with Crippen molar-refractivity contribution >= 4 is 5.69 Å². The van der Waals surface area contributed by atoms with Gasteiger partial charge in [0.2, 0.25) is 0 Å². The molecule has 2 nitrogen and oxygen atoms in total. The van der Waals surface area contributed by atoms with Gasteiger partial charge in [-0.3, -0.25) is 0 Å². The van der Waals surface area contributed by atoms with Crippen molar-refractivity contribution < 1.29 is 0 Å². The molecule has 0 saturated carbocycles. The largest absolute Gasteiger partial charge is 0.368 e. The molecule has 0 bridgehead atoms. The zero-order chi connectivity index (χ0) is 12.8. The summed E-state index contributed by atoms with van der Waals surface area (Å²) >= 11 is 0. The highest BCUT2D eigenvalue weighted by Gasteiger charge is 2.22. The zero-order valence-corrected chi connectivity index (χ0v) is 11.8. The molecule has 100 valence electrons. The Morgan fingerprint density at radius 1 is 1.22 bits per heavy atom. The van der Waals surface area contributed by atoms with E-state index >= 15 is 0 Å². The molecule has 1 N–H and O–H groups in total. The maximum atomic E-state index is 3.45. The second-order valence-electron chi connectivity index (χ2n) is 5.16. The number of benzene rings is 1. The number of para-hydroxylation sites is 1. The van der Waals surface area contributed by atoms with Gasteiger partial charge in [-0.2, -0.15) is 0 Å². The minimum Gasteiger partial charge on any atom is -0.368 e. The molecule has 1 aliphatic heterocycles. The first-order chi connectivity index (χ1) is 8.86. The van der Waals surface area contributed by atoms with E-state index in [0.29, 0.717) is 0 Å². The first-order valence-corrected chi connectivity index (χ1v) is 7.42. The van der Waals surface area contributed by atoms with E-state index in [2.05, 4.69) is 48.3 Å². The van der Waals surface area contributed by atoms with Crippen molar-refractivity contribution in [1.29, 1.82) is 0 Å². The lowest BCUT2D eigenvalue weighted by molar-refractivity contribution is 0.448. The standard InChI is InChI=1S/C16H26N2/c1-3-15-10-7-8-12-18(15)16-11-6-5-9-14(16)13-17-4-2/h5-6,9,11,15,17H,3-4,7-8,10,12-13H2,1-2H3. The number of hydrogen-bond acceptors (Lipinski definition) is 2. The average molecular weight is 246 g/mol. The van der Waals surface area contributed by atoms with E-state index in [0.717, 1.165) is 19.1 Å². The van der Waals surface area contributed by atoms with Gasteiger partial charge in [0.05, 0.1) is 0 Å². The Morgan fingerprint density at radius 2 is 2.06 bits per heavy atom. The number of rotatable bonds is 5. The zero-order valence-electron chi connectivity index (χ0n) is 11.8. The molecule has 1 aromatic carbocycles. The minimum absolute atomic E-state index is 0.738. The quantitative estimate of drug-likeness (QED) is 0.854.